The Hall–Kier alpha value is 0.259. The van der Waals surface area contributed by atoms with Gasteiger partial charge in [-0.3, -0.25) is 0 Å². The van der Waals surface area contributed by atoms with Crippen molar-refractivity contribution in [2.45, 2.75) is 25.1 Å². The molecule has 1 aliphatic heterocycles. The molecule has 0 amide bonds. The molecular formula is C6H10Se. The molecule has 0 aromatic carbocycles. The third-order valence-corrected chi connectivity index (χ3v) is 3.22. The van der Waals surface area contributed by atoms with Gasteiger partial charge in [0, 0.05) is 0 Å². The van der Waals surface area contributed by atoms with Gasteiger partial charge >= 0.3 is 50.6 Å². The van der Waals surface area contributed by atoms with Gasteiger partial charge < -0.3 is 0 Å². The van der Waals surface area contributed by atoms with E-state index in [0.29, 0.717) is 0 Å². The van der Waals surface area contributed by atoms with Crippen LogP contribution in [-0.2, 0) is 0 Å². The van der Waals surface area contributed by atoms with E-state index in [1.165, 1.54) is 18.2 Å². The van der Waals surface area contributed by atoms with Gasteiger partial charge in [0.25, 0.3) is 0 Å². The SMILES string of the molecule is CCC1=C[Se]CC1. The summed E-state index contributed by atoms with van der Waals surface area (Å²) in [6, 6.07) is 0. The zero-order valence-electron chi connectivity index (χ0n) is 4.61. The number of hydrogen-bond acceptors (Lipinski definition) is 0. The average molecular weight is 161 g/mol. The Morgan fingerprint density at radius 2 is 2.71 bits per heavy atom. The molecule has 0 aromatic heterocycles. The molecular weight excluding hydrogens is 151 g/mol. The summed E-state index contributed by atoms with van der Waals surface area (Å²) >= 11 is 0.880. The predicted octanol–water partition coefficient (Wildman–Crippen LogP) is 1.81. The Kier molecular flexibility index (Phi) is 1.96. The summed E-state index contributed by atoms with van der Waals surface area (Å²) in [4.78, 5) is 2.44. The van der Waals surface area contributed by atoms with Crippen molar-refractivity contribution < 1.29 is 0 Å². The Balaban J connectivity index is 2.36. The zero-order chi connectivity index (χ0) is 5.11. The zero-order valence-corrected chi connectivity index (χ0v) is 6.32. The molecule has 1 aliphatic rings. The van der Waals surface area contributed by atoms with E-state index in [2.05, 4.69) is 11.9 Å². The second-order valence-corrected chi connectivity index (χ2v) is 3.80. The Bertz CT molecular complexity index is 84.2. The van der Waals surface area contributed by atoms with Gasteiger partial charge in [-0.2, -0.15) is 0 Å². The van der Waals surface area contributed by atoms with Gasteiger partial charge in [0.15, 0.2) is 0 Å². The number of hydrogen-bond donors (Lipinski definition) is 0. The first-order valence-electron chi connectivity index (χ1n) is 2.73. The van der Waals surface area contributed by atoms with E-state index >= 15 is 0 Å². The monoisotopic (exact) mass is 162 g/mol. The van der Waals surface area contributed by atoms with Crippen LogP contribution in [0.3, 0.4) is 0 Å². The van der Waals surface area contributed by atoms with Crippen LogP contribution in [-0.4, -0.2) is 15.0 Å². The van der Waals surface area contributed by atoms with Crippen molar-refractivity contribution in [3.05, 3.63) is 10.5 Å². The molecule has 0 bridgehead atoms. The Labute approximate surface area is 51.1 Å². The van der Waals surface area contributed by atoms with Crippen molar-refractivity contribution in [3.8, 4) is 0 Å². The third kappa shape index (κ3) is 1.32. The summed E-state index contributed by atoms with van der Waals surface area (Å²) in [6.07, 6.45) is 2.69. The predicted molar refractivity (Wildman–Crippen MR) is 33.6 cm³/mol. The molecule has 0 fully saturated rings. The first kappa shape index (κ1) is 5.40. The second kappa shape index (κ2) is 2.54. The van der Waals surface area contributed by atoms with E-state index < -0.39 is 0 Å². The fourth-order valence-corrected chi connectivity index (χ4v) is 2.82. The molecule has 0 radical (unpaired) electrons. The maximum absolute atomic E-state index is 2.44. The van der Waals surface area contributed by atoms with Crippen molar-refractivity contribution in [2.24, 2.45) is 0 Å². The number of rotatable bonds is 1. The van der Waals surface area contributed by atoms with E-state index in [4.69, 9.17) is 0 Å². The molecule has 1 rings (SSSR count). The van der Waals surface area contributed by atoms with Crippen LogP contribution >= 0.6 is 0 Å². The summed E-state index contributed by atoms with van der Waals surface area (Å²) < 4.78 is 0. The minimum absolute atomic E-state index is 0.880. The molecule has 0 unspecified atom stereocenters. The summed E-state index contributed by atoms with van der Waals surface area (Å²) in [7, 11) is 0. The van der Waals surface area contributed by atoms with Crippen molar-refractivity contribution in [2.75, 3.05) is 0 Å². The quantitative estimate of drug-likeness (QED) is 0.514. The van der Waals surface area contributed by atoms with Crippen LogP contribution in [0.1, 0.15) is 19.8 Å². The van der Waals surface area contributed by atoms with E-state index in [-0.39, 0.29) is 0 Å². The molecule has 0 aromatic rings. The molecule has 0 atom stereocenters. The Morgan fingerprint density at radius 3 is 3.00 bits per heavy atom. The number of allylic oxidation sites excluding steroid dienone is 1. The van der Waals surface area contributed by atoms with Gasteiger partial charge in [0.05, 0.1) is 0 Å². The molecule has 0 saturated heterocycles. The van der Waals surface area contributed by atoms with Gasteiger partial charge in [-0.15, -0.1) is 0 Å². The summed E-state index contributed by atoms with van der Waals surface area (Å²) in [5, 5.41) is 1.47. The molecule has 1 heteroatoms. The average Bonchev–Trinajstić information content (AvgIpc) is 2.14. The van der Waals surface area contributed by atoms with Crippen molar-refractivity contribution in [1.82, 2.24) is 0 Å². The summed E-state index contributed by atoms with van der Waals surface area (Å²) in [5.74, 6) is 0. The Morgan fingerprint density at radius 1 is 1.86 bits per heavy atom. The van der Waals surface area contributed by atoms with E-state index in [0.717, 1.165) is 15.0 Å². The third-order valence-electron chi connectivity index (χ3n) is 1.25. The molecule has 40 valence electrons. The molecule has 7 heavy (non-hydrogen) atoms. The molecule has 0 saturated carbocycles. The van der Waals surface area contributed by atoms with Crippen LogP contribution in [0.4, 0.5) is 0 Å². The van der Waals surface area contributed by atoms with Crippen molar-refractivity contribution in [1.29, 1.82) is 0 Å². The van der Waals surface area contributed by atoms with Crippen LogP contribution in [0.2, 0.25) is 5.32 Å². The van der Waals surface area contributed by atoms with Crippen LogP contribution in [0.15, 0.2) is 10.5 Å². The van der Waals surface area contributed by atoms with E-state index in [9.17, 15) is 0 Å². The van der Waals surface area contributed by atoms with Crippen LogP contribution in [0.5, 0.6) is 0 Å². The van der Waals surface area contributed by atoms with Crippen molar-refractivity contribution in [3.63, 3.8) is 0 Å². The molecule has 1 heterocycles. The maximum atomic E-state index is 2.44. The van der Waals surface area contributed by atoms with E-state index in [1.807, 2.05) is 0 Å². The normalized spacial score (nSPS) is 19.9. The molecule has 0 N–H and O–H groups in total. The molecule has 0 aliphatic carbocycles. The van der Waals surface area contributed by atoms with Crippen LogP contribution in [0, 0.1) is 0 Å². The van der Waals surface area contributed by atoms with Gasteiger partial charge in [0.1, 0.15) is 0 Å². The minimum atomic E-state index is 0.880. The molecule has 0 nitrogen and oxygen atoms in total. The first-order chi connectivity index (χ1) is 3.43. The van der Waals surface area contributed by atoms with Gasteiger partial charge in [0.2, 0.25) is 0 Å². The second-order valence-electron chi connectivity index (χ2n) is 1.75. The topological polar surface area (TPSA) is 0 Å². The summed E-state index contributed by atoms with van der Waals surface area (Å²) in [5.41, 5.74) is 1.69. The van der Waals surface area contributed by atoms with Crippen LogP contribution < -0.4 is 0 Å². The van der Waals surface area contributed by atoms with Crippen molar-refractivity contribution >= 4 is 15.0 Å². The fourth-order valence-electron chi connectivity index (χ4n) is 0.686. The van der Waals surface area contributed by atoms with Gasteiger partial charge in [-0.1, -0.05) is 0 Å². The molecule has 0 spiro atoms. The first-order valence-corrected chi connectivity index (χ1v) is 4.93. The fraction of sp³-hybridized carbons (Fsp3) is 0.667. The summed E-state index contributed by atoms with van der Waals surface area (Å²) in [6.45, 7) is 2.24. The van der Waals surface area contributed by atoms with E-state index in [1.54, 1.807) is 5.57 Å². The van der Waals surface area contributed by atoms with Gasteiger partial charge in [-0.05, 0) is 0 Å². The van der Waals surface area contributed by atoms with Gasteiger partial charge in [-0.25, -0.2) is 0 Å². The standard InChI is InChI=1S/C6H10Se/c1-2-6-3-4-7-5-6/h5H,2-4H2,1H3. The van der Waals surface area contributed by atoms with Crippen LogP contribution in [0.25, 0.3) is 0 Å².